The van der Waals surface area contributed by atoms with Crippen molar-refractivity contribution in [1.82, 2.24) is 5.32 Å². The summed E-state index contributed by atoms with van der Waals surface area (Å²) >= 11 is 0. The standard InChI is InChI=1S/C12H23NO2/c1-10(2)12(4-5-12)8-13-7-11-3-6-14-9-15-11/h10-11,13H,3-9H2,1-2H3. The Kier molecular flexibility index (Phi) is 3.65. The van der Waals surface area contributed by atoms with E-state index in [1.54, 1.807) is 0 Å². The van der Waals surface area contributed by atoms with E-state index in [0.29, 0.717) is 18.3 Å². The number of hydrogen-bond donors (Lipinski definition) is 1. The summed E-state index contributed by atoms with van der Waals surface area (Å²) in [4.78, 5) is 0. The Morgan fingerprint density at radius 2 is 2.20 bits per heavy atom. The van der Waals surface area contributed by atoms with Crippen molar-refractivity contribution in [2.24, 2.45) is 11.3 Å². The van der Waals surface area contributed by atoms with E-state index in [2.05, 4.69) is 19.2 Å². The van der Waals surface area contributed by atoms with Crippen LogP contribution in [0.2, 0.25) is 0 Å². The van der Waals surface area contributed by atoms with Gasteiger partial charge in [-0.2, -0.15) is 0 Å². The van der Waals surface area contributed by atoms with Crippen LogP contribution < -0.4 is 5.32 Å². The van der Waals surface area contributed by atoms with Gasteiger partial charge in [0.25, 0.3) is 0 Å². The summed E-state index contributed by atoms with van der Waals surface area (Å²) in [7, 11) is 0. The minimum absolute atomic E-state index is 0.363. The average Bonchev–Trinajstić information content (AvgIpc) is 3.01. The molecule has 88 valence electrons. The lowest BCUT2D eigenvalue weighted by Crippen LogP contribution is -2.37. The smallest absolute Gasteiger partial charge is 0.147 e. The quantitative estimate of drug-likeness (QED) is 0.755. The van der Waals surface area contributed by atoms with Crippen molar-refractivity contribution in [3.63, 3.8) is 0 Å². The van der Waals surface area contributed by atoms with Crippen LogP contribution in [0, 0.1) is 11.3 Å². The van der Waals surface area contributed by atoms with Gasteiger partial charge in [-0.1, -0.05) is 13.8 Å². The predicted octanol–water partition coefficient (Wildman–Crippen LogP) is 1.78. The molecule has 1 unspecified atom stereocenters. The van der Waals surface area contributed by atoms with Gasteiger partial charge in [0.2, 0.25) is 0 Å². The first-order valence-corrected chi connectivity index (χ1v) is 6.13. The van der Waals surface area contributed by atoms with Gasteiger partial charge in [-0.15, -0.1) is 0 Å². The van der Waals surface area contributed by atoms with Crippen LogP contribution in [-0.2, 0) is 9.47 Å². The van der Waals surface area contributed by atoms with E-state index >= 15 is 0 Å². The van der Waals surface area contributed by atoms with Crippen LogP contribution in [-0.4, -0.2) is 32.6 Å². The van der Waals surface area contributed by atoms with E-state index in [1.165, 1.54) is 12.8 Å². The highest BCUT2D eigenvalue weighted by Crippen LogP contribution is 2.51. The van der Waals surface area contributed by atoms with Gasteiger partial charge in [-0.05, 0) is 30.6 Å². The molecule has 1 atom stereocenters. The van der Waals surface area contributed by atoms with E-state index in [0.717, 1.165) is 32.0 Å². The second-order valence-corrected chi connectivity index (χ2v) is 5.25. The van der Waals surface area contributed by atoms with Crippen LogP contribution in [0.4, 0.5) is 0 Å². The highest BCUT2D eigenvalue weighted by molar-refractivity contribution is 4.97. The highest BCUT2D eigenvalue weighted by atomic mass is 16.7. The van der Waals surface area contributed by atoms with Crippen LogP contribution >= 0.6 is 0 Å². The van der Waals surface area contributed by atoms with Gasteiger partial charge >= 0.3 is 0 Å². The van der Waals surface area contributed by atoms with Gasteiger partial charge in [0.15, 0.2) is 0 Å². The van der Waals surface area contributed by atoms with Crippen LogP contribution in [0.3, 0.4) is 0 Å². The highest BCUT2D eigenvalue weighted by Gasteiger charge is 2.44. The Morgan fingerprint density at radius 1 is 1.40 bits per heavy atom. The van der Waals surface area contributed by atoms with Crippen LogP contribution in [0.1, 0.15) is 33.1 Å². The molecule has 0 spiro atoms. The van der Waals surface area contributed by atoms with Crippen LogP contribution in [0.15, 0.2) is 0 Å². The zero-order chi connectivity index (χ0) is 10.7. The molecule has 2 aliphatic rings. The fraction of sp³-hybridized carbons (Fsp3) is 1.00. The van der Waals surface area contributed by atoms with Crippen LogP contribution in [0.25, 0.3) is 0 Å². The molecule has 2 fully saturated rings. The average molecular weight is 213 g/mol. The van der Waals surface area contributed by atoms with Crippen molar-refractivity contribution in [2.75, 3.05) is 26.5 Å². The number of ether oxygens (including phenoxy) is 2. The minimum atomic E-state index is 0.363. The second-order valence-electron chi connectivity index (χ2n) is 5.25. The monoisotopic (exact) mass is 213 g/mol. The van der Waals surface area contributed by atoms with Crippen LogP contribution in [0.5, 0.6) is 0 Å². The van der Waals surface area contributed by atoms with Gasteiger partial charge < -0.3 is 14.8 Å². The van der Waals surface area contributed by atoms with Crippen molar-refractivity contribution in [3.05, 3.63) is 0 Å². The lowest BCUT2D eigenvalue weighted by atomic mass is 9.92. The maximum Gasteiger partial charge on any atom is 0.147 e. The van der Waals surface area contributed by atoms with E-state index in [1.807, 2.05) is 0 Å². The van der Waals surface area contributed by atoms with Crippen molar-refractivity contribution in [1.29, 1.82) is 0 Å². The number of hydrogen-bond acceptors (Lipinski definition) is 3. The molecule has 0 amide bonds. The third-order valence-electron chi connectivity index (χ3n) is 3.94. The molecule has 1 N–H and O–H groups in total. The van der Waals surface area contributed by atoms with Gasteiger partial charge in [0, 0.05) is 13.1 Å². The maximum absolute atomic E-state index is 5.49. The molecule has 3 nitrogen and oxygen atoms in total. The molecule has 15 heavy (non-hydrogen) atoms. The summed E-state index contributed by atoms with van der Waals surface area (Å²) in [5.74, 6) is 0.806. The van der Waals surface area contributed by atoms with Crippen molar-refractivity contribution < 1.29 is 9.47 Å². The van der Waals surface area contributed by atoms with Crippen molar-refractivity contribution >= 4 is 0 Å². The minimum Gasteiger partial charge on any atom is -0.355 e. The first-order valence-electron chi connectivity index (χ1n) is 6.13. The molecule has 0 aromatic heterocycles. The first kappa shape index (κ1) is 11.4. The molecule has 2 rings (SSSR count). The lowest BCUT2D eigenvalue weighted by molar-refractivity contribution is -0.137. The molecule has 1 saturated carbocycles. The molecular formula is C12H23NO2. The Bertz CT molecular complexity index is 196. The van der Waals surface area contributed by atoms with E-state index in [-0.39, 0.29) is 0 Å². The van der Waals surface area contributed by atoms with Crippen molar-refractivity contribution in [3.8, 4) is 0 Å². The van der Waals surface area contributed by atoms with E-state index < -0.39 is 0 Å². The molecule has 0 radical (unpaired) electrons. The molecule has 0 bridgehead atoms. The SMILES string of the molecule is CC(C)C1(CNCC2CCOCO2)CC1. The summed E-state index contributed by atoms with van der Waals surface area (Å²) in [6.07, 6.45) is 4.18. The summed E-state index contributed by atoms with van der Waals surface area (Å²) in [5.41, 5.74) is 0.602. The maximum atomic E-state index is 5.49. The topological polar surface area (TPSA) is 30.5 Å². The molecule has 0 aromatic carbocycles. The lowest BCUT2D eigenvalue weighted by Gasteiger charge is -2.25. The van der Waals surface area contributed by atoms with Gasteiger partial charge in [-0.25, -0.2) is 0 Å². The summed E-state index contributed by atoms with van der Waals surface area (Å²) in [6, 6.07) is 0. The summed E-state index contributed by atoms with van der Waals surface area (Å²) in [6.45, 7) is 8.13. The third-order valence-corrected chi connectivity index (χ3v) is 3.94. The van der Waals surface area contributed by atoms with Gasteiger partial charge in [0.1, 0.15) is 6.79 Å². The molecule has 1 saturated heterocycles. The van der Waals surface area contributed by atoms with E-state index in [9.17, 15) is 0 Å². The van der Waals surface area contributed by atoms with Gasteiger partial charge in [-0.3, -0.25) is 0 Å². The van der Waals surface area contributed by atoms with Crippen molar-refractivity contribution in [2.45, 2.75) is 39.2 Å². The first-order chi connectivity index (χ1) is 7.23. The molecular weight excluding hydrogens is 190 g/mol. The molecule has 1 aliphatic carbocycles. The molecule has 1 heterocycles. The molecule has 1 aliphatic heterocycles. The van der Waals surface area contributed by atoms with Gasteiger partial charge in [0.05, 0.1) is 12.7 Å². The second kappa shape index (κ2) is 4.81. The molecule has 0 aromatic rings. The zero-order valence-corrected chi connectivity index (χ0v) is 9.92. The fourth-order valence-electron chi connectivity index (χ4n) is 2.26. The molecule has 3 heteroatoms. The Hall–Kier alpha value is -0.120. The third kappa shape index (κ3) is 2.92. The zero-order valence-electron chi connectivity index (χ0n) is 9.92. The summed E-state index contributed by atoms with van der Waals surface area (Å²) < 4.78 is 10.6. The normalized spacial score (nSPS) is 29.4. The Balaban J connectivity index is 1.62. The Labute approximate surface area is 92.5 Å². The fourth-order valence-corrected chi connectivity index (χ4v) is 2.26. The predicted molar refractivity (Wildman–Crippen MR) is 59.7 cm³/mol. The Morgan fingerprint density at radius 3 is 2.73 bits per heavy atom. The summed E-state index contributed by atoms with van der Waals surface area (Å²) in [5, 5.41) is 3.56. The number of rotatable bonds is 5. The van der Waals surface area contributed by atoms with E-state index in [4.69, 9.17) is 9.47 Å². The number of nitrogens with one attached hydrogen (secondary N) is 1. The largest absolute Gasteiger partial charge is 0.355 e.